The second-order valence-corrected chi connectivity index (χ2v) is 8.87. The molecule has 2 aromatic carbocycles. The first-order chi connectivity index (χ1) is 14.5. The number of carbonyl (C=O) groups is 1. The molecule has 2 aromatic heterocycles. The van der Waals surface area contributed by atoms with Crippen molar-refractivity contribution in [3.05, 3.63) is 69.1 Å². The number of halogens is 3. The number of amides is 1. The largest absolute Gasteiger partial charge is 0.419 e. The van der Waals surface area contributed by atoms with Crippen LogP contribution in [0, 0.1) is 5.82 Å². The third-order valence-corrected chi connectivity index (χ3v) is 6.89. The van der Waals surface area contributed by atoms with Gasteiger partial charge in [-0.2, -0.15) is 0 Å². The van der Waals surface area contributed by atoms with E-state index in [9.17, 15) is 9.18 Å². The number of fused-ring (bicyclic) bond motifs is 1. The van der Waals surface area contributed by atoms with Crippen LogP contribution in [0.3, 0.4) is 0 Å². The van der Waals surface area contributed by atoms with Crippen LogP contribution in [0.4, 0.5) is 4.39 Å². The summed E-state index contributed by atoms with van der Waals surface area (Å²) in [7, 11) is 0. The molecule has 152 valence electrons. The van der Waals surface area contributed by atoms with Crippen molar-refractivity contribution in [2.75, 3.05) is 0 Å². The lowest BCUT2D eigenvalue weighted by atomic mass is 10.2. The lowest BCUT2D eigenvalue weighted by Crippen LogP contribution is -2.32. The molecule has 1 saturated carbocycles. The van der Waals surface area contributed by atoms with Gasteiger partial charge in [-0.25, -0.2) is 4.39 Å². The van der Waals surface area contributed by atoms with Gasteiger partial charge < -0.3 is 9.32 Å². The fraction of sp³-hybridized carbons (Fsp3) is 0.190. The minimum atomic E-state index is -0.364. The highest BCUT2D eigenvalue weighted by Gasteiger charge is 2.36. The van der Waals surface area contributed by atoms with Gasteiger partial charge in [-0.15, -0.1) is 21.5 Å². The van der Waals surface area contributed by atoms with Gasteiger partial charge in [0.25, 0.3) is 5.91 Å². The van der Waals surface area contributed by atoms with E-state index in [1.165, 1.54) is 23.5 Å². The van der Waals surface area contributed by atoms with E-state index in [-0.39, 0.29) is 24.3 Å². The number of carbonyl (C=O) groups excluding carboxylic acids is 1. The van der Waals surface area contributed by atoms with Gasteiger partial charge in [0.2, 0.25) is 11.8 Å². The van der Waals surface area contributed by atoms with Crippen molar-refractivity contribution in [3.63, 3.8) is 0 Å². The molecule has 0 aliphatic heterocycles. The molecule has 9 heteroatoms. The molecular weight excluding hydrogens is 448 g/mol. The molecule has 0 spiro atoms. The topological polar surface area (TPSA) is 59.2 Å². The first-order valence-electron chi connectivity index (χ1n) is 9.27. The average molecular weight is 462 g/mol. The van der Waals surface area contributed by atoms with Crippen molar-refractivity contribution >= 4 is 50.5 Å². The fourth-order valence-corrected chi connectivity index (χ4v) is 4.98. The van der Waals surface area contributed by atoms with Crippen molar-refractivity contribution < 1.29 is 13.6 Å². The van der Waals surface area contributed by atoms with E-state index >= 15 is 0 Å². The highest BCUT2D eigenvalue weighted by atomic mass is 35.5. The molecule has 1 aliphatic carbocycles. The molecule has 4 aromatic rings. The predicted octanol–water partition coefficient (Wildman–Crippen LogP) is 6.20. The molecule has 0 unspecified atom stereocenters. The maximum absolute atomic E-state index is 13.6. The van der Waals surface area contributed by atoms with Gasteiger partial charge in [0.1, 0.15) is 10.7 Å². The Bertz CT molecular complexity index is 1270. The van der Waals surface area contributed by atoms with Gasteiger partial charge in [-0.1, -0.05) is 35.3 Å². The monoisotopic (exact) mass is 461 g/mol. The summed E-state index contributed by atoms with van der Waals surface area (Å²) in [6.45, 7) is 0.167. The van der Waals surface area contributed by atoms with E-state index in [4.69, 9.17) is 27.6 Å². The molecule has 5 nitrogen and oxygen atoms in total. The van der Waals surface area contributed by atoms with Crippen LogP contribution in [-0.2, 0) is 6.54 Å². The van der Waals surface area contributed by atoms with Gasteiger partial charge in [-0.05, 0) is 43.2 Å². The summed E-state index contributed by atoms with van der Waals surface area (Å²) in [6, 6.07) is 11.6. The number of aromatic nitrogens is 2. The van der Waals surface area contributed by atoms with Crippen molar-refractivity contribution in [3.8, 4) is 11.5 Å². The molecule has 0 bridgehead atoms. The van der Waals surface area contributed by atoms with Crippen LogP contribution < -0.4 is 0 Å². The van der Waals surface area contributed by atoms with Gasteiger partial charge >= 0.3 is 0 Å². The number of thiophene rings is 1. The van der Waals surface area contributed by atoms with Crippen LogP contribution in [0.5, 0.6) is 0 Å². The zero-order valence-electron chi connectivity index (χ0n) is 15.4. The average Bonchev–Trinajstić information content (AvgIpc) is 3.38. The Balaban J connectivity index is 1.44. The second-order valence-electron chi connectivity index (χ2n) is 7.03. The van der Waals surface area contributed by atoms with Gasteiger partial charge in [0, 0.05) is 16.1 Å². The smallest absolute Gasteiger partial charge is 0.266 e. The highest BCUT2D eigenvalue weighted by Crippen LogP contribution is 2.39. The molecule has 30 heavy (non-hydrogen) atoms. The van der Waals surface area contributed by atoms with Gasteiger partial charge in [0.15, 0.2) is 0 Å². The SMILES string of the molecule is O=C(c1sc2cc(F)ccc2c1Cl)N(Cc1nnc(-c2ccccc2Cl)o1)C1CC1. The fourth-order valence-electron chi connectivity index (χ4n) is 3.27. The van der Waals surface area contributed by atoms with E-state index in [0.29, 0.717) is 42.4 Å². The van der Waals surface area contributed by atoms with Crippen LogP contribution in [0.25, 0.3) is 21.5 Å². The lowest BCUT2D eigenvalue weighted by Gasteiger charge is -2.19. The molecule has 0 saturated heterocycles. The highest BCUT2D eigenvalue weighted by molar-refractivity contribution is 7.21. The molecule has 2 heterocycles. The van der Waals surface area contributed by atoms with Crippen LogP contribution in [-0.4, -0.2) is 27.0 Å². The predicted molar refractivity (Wildman–Crippen MR) is 114 cm³/mol. The second kappa shape index (κ2) is 7.65. The van der Waals surface area contributed by atoms with E-state index in [0.717, 1.165) is 12.8 Å². The molecule has 5 rings (SSSR count). The summed E-state index contributed by atoms with van der Waals surface area (Å²) in [5.41, 5.74) is 0.636. The third-order valence-electron chi connectivity index (χ3n) is 4.91. The Morgan fingerprint density at radius 1 is 1.20 bits per heavy atom. The van der Waals surface area contributed by atoms with E-state index in [1.54, 1.807) is 23.1 Å². The van der Waals surface area contributed by atoms with Crippen molar-refractivity contribution in [1.29, 1.82) is 0 Å². The molecule has 0 N–H and O–H groups in total. The Morgan fingerprint density at radius 2 is 2.00 bits per heavy atom. The maximum Gasteiger partial charge on any atom is 0.266 e. The lowest BCUT2D eigenvalue weighted by molar-refractivity contribution is 0.0719. The normalized spacial score (nSPS) is 13.7. The van der Waals surface area contributed by atoms with Crippen molar-refractivity contribution in [1.82, 2.24) is 15.1 Å². The minimum Gasteiger partial charge on any atom is -0.419 e. The number of hydrogen-bond acceptors (Lipinski definition) is 5. The Labute approximate surface area is 185 Å². The molecule has 1 fully saturated rings. The van der Waals surface area contributed by atoms with Crippen LogP contribution in [0.1, 0.15) is 28.4 Å². The first kappa shape index (κ1) is 19.5. The number of rotatable bonds is 5. The molecule has 1 aliphatic rings. The number of nitrogens with zero attached hydrogens (tertiary/aromatic N) is 3. The van der Waals surface area contributed by atoms with Crippen molar-refractivity contribution in [2.45, 2.75) is 25.4 Å². The number of hydrogen-bond donors (Lipinski definition) is 0. The molecule has 0 radical (unpaired) electrons. The van der Waals surface area contributed by atoms with Gasteiger partial charge in [0.05, 0.1) is 22.2 Å². The number of benzene rings is 2. The van der Waals surface area contributed by atoms with Crippen molar-refractivity contribution in [2.24, 2.45) is 0 Å². The van der Waals surface area contributed by atoms with Crippen LogP contribution in [0.2, 0.25) is 10.0 Å². The molecule has 0 atom stereocenters. The summed E-state index contributed by atoms with van der Waals surface area (Å²) in [5.74, 6) is 0.0284. The summed E-state index contributed by atoms with van der Waals surface area (Å²) < 4.78 is 20.0. The van der Waals surface area contributed by atoms with Crippen LogP contribution in [0.15, 0.2) is 46.9 Å². The van der Waals surface area contributed by atoms with E-state index < -0.39 is 0 Å². The quantitative estimate of drug-likeness (QED) is 0.354. The summed E-state index contributed by atoms with van der Waals surface area (Å²) >= 11 is 13.8. The van der Waals surface area contributed by atoms with Gasteiger partial charge in [-0.3, -0.25) is 4.79 Å². The van der Waals surface area contributed by atoms with Crippen LogP contribution >= 0.6 is 34.5 Å². The summed E-state index contributed by atoms with van der Waals surface area (Å²) in [5, 5.41) is 9.67. The standard InChI is InChI=1S/C21H14Cl2FN3O2S/c22-15-4-2-1-3-13(15)20-26-25-17(29-20)10-27(12-6-7-12)21(28)19-18(23)14-8-5-11(24)9-16(14)30-19/h1-5,8-9,12H,6-7,10H2. The first-order valence-corrected chi connectivity index (χ1v) is 10.8. The Hall–Kier alpha value is -2.48. The molecule has 1 amide bonds. The zero-order valence-corrected chi connectivity index (χ0v) is 17.8. The van der Waals surface area contributed by atoms with E-state index in [2.05, 4.69) is 10.2 Å². The summed E-state index contributed by atoms with van der Waals surface area (Å²) in [4.78, 5) is 15.4. The maximum atomic E-state index is 13.6. The minimum absolute atomic E-state index is 0.0891. The molecular formula is C21H14Cl2FN3O2S. The Morgan fingerprint density at radius 3 is 2.77 bits per heavy atom. The Kier molecular flexibility index (Phi) is 4.97. The van der Waals surface area contributed by atoms with E-state index in [1.807, 2.05) is 12.1 Å². The third kappa shape index (κ3) is 3.57. The zero-order chi connectivity index (χ0) is 20.8. The summed E-state index contributed by atoms with van der Waals surface area (Å²) in [6.07, 6.45) is 1.79.